The van der Waals surface area contributed by atoms with Crippen LogP contribution in [0.5, 0.6) is 0 Å². The average Bonchev–Trinajstić information content (AvgIpc) is 2.80. The highest BCUT2D eigenvalue weighted by molar-refractivity contribution is 9.10. The van der Waals surface area contributed by atoms with Gasteiger partial charge in [0.2, 0.25) is 0 Å². The zero-order valence-electron chi connectivity index (χ0n) is 10.2. The van der Waals surface area contributed by atoms with Crippen molar-refractivity contribution in [3.8, 4) is 0 Å². The van der Waals surface area contributed by atoms with Crippen LogP contribution in [0, 0.1) is 5.82 Å². The summed E-state index contributed by atoms with van der Waals surface area (Å²) in [4.78, 5) is 4.16. The number of rotatable bonds is 3. The number of nitrogens with zero attached hydrogens (tertiary/aromatic N) is 3. The van der Waals surface area contributed by atoms with E-state index < -0.39 is 5.60 Å². The second-order valence-electron chi connectivity index (χ2n) is 4.90. The van der Waals surface area contributed by atoms with Gasteiger partial charge in [-0.3, -0.25) is 0 Å². The van der Waals surface area contributed by atoms with Crippen LogP contribution in [0.2, 0.25) is 0 Å². The molecular weight excluding hydrogens is 313 g/mol. The molecule has 0 unspecified atom stereocenters. The Morgan fingerprint density at radius 3 is 2.84 bits per heavy atom. The van der Waals surface area contributed by atoms with Gasteiger partial charge < -0.3 is 5.11 Å². The SMILES string of the molecule is OC1(c2ncn(Cc3ccc(F)c(Br)c3)n2)CCC1. The molecule has 1 saturated carbocycles. The molecule has 1 fully saturated rings. The molecule has 0 saturated heterocycles. The molecule has 4 nitrogen and oxygen atoms in total. The molecule has 1 aliphatic carbocycles. The first-order chi connectivity index (χ1) is 9.07. The molecule has 6 heteroatoms. The molecule has 100 valence electrons. The van der Waals surface area contributed by atoms with Crippen LogP contribution < -0.4 is 0 Å². The van der Waals surface area contributed by atoms with E-state index in [1.165, 1.54) is 6.07 Å². The highest BCUT2D eigenvalue weighted by Crippen LogP contribution is 2.38. The van der Waals surface area contributed by atoms with Gasteiger partial charge in [-0.1, -0.05) is 6.07 Å². The zero-order chi connectivity index (χ0) is 13.5. The minimum Gasteiger partial charge on any atom is -0.382 e. The fourth-order valence-corrected chi connectivity index (χ4v) is 2.57. The van der Waals surface area contributed by atoms with Gasteiger partial charge in [-0.05, 0) is 52.9 Å². The molecule has 0 aliphatic heterocycles. The lowest BCUT2D eigenvalue weighted by Gasteiger charge is -2.33. The third kappa shape index (κ3) is 2.42. The molecule has 0 bridgehead atoms. The van der Waals surface area contributed by atoms with E-state index in [9.17, 15) is 9.50 Å². The Hall–Kier alpha value is -1.27. The Morgan fingerprint density at radius 2 is 2.21 bits per heavy atom. The number of hydrogen-bond donors (Lipinski definition) is 1. The van der Waals surface area contributed by atoms with Crippen LogP contribution in [0.4, 0.5) is 4.39 Å². The van der Waals surface area contributed by atoms with Gasteiger partial charge in [-0.15, -0.1) is 0 Å². The highest BCUT2D eigenvalue weighted by Gasteiger charge is 2.39. The lowest BCUT2D eigenvalue weighted by Crippen LogP contribution is -2.35. The molecule has 3 rings (SSSR count). The normalized spacial score (nSPS) is 17.2. The topological polar surface area (TPSA) is 50.9 Å². The summed E-state index contributed by atoms with van der Waals surface area (Å²) in [5.41, 5.74) is 0.0829. The van der Waals surface area contributed by atoms with Crippen molar-refractivity contribution in [2.75, 3.05) is 0 Å². The van der Waals surface area contributed by atoms with Crippen LogP contribution in [0.1, 0.15) is 30.7 Å². The van der Waals surface area contributed by atoms with Gasteiger partial charge in [0.15, 0.2) is 5.82 Å². The predicted molar refractivity (Wildman–Crippen MR) is 71.0 cm³/mol. The quantitative estimate of drug-likeness (QED) is 0.943. The largest absolute Gasteiger partial charge is 0.382 e. The van der Waals surface area contributed by atoms with Crippen molar-refractivity contribution in [3.05, 3.63) is 46.2 Å². The molecule has 0 spiro atoms. The summed E-state index contributed by atoms with van der Waals surface area (Å²) in [6.07, 6.45) is 4.05. The van der Waals surface area contributed by atoms with E-state index >= 15 is 0 Å². The van der Waals surface area contributed by atoms with Crippen LogP contribution in [-0.4, -0.2) is 19.9 Å². The Labute approximate surface area is 118 Å². The summed E-state index contributed by atoms with van der Waals surface area (Å²) >= 11 is 3.16. The molecule has 0 amide bonds. The molecule has 19 heavy (non-hydrogen) atoms. The van der Waals surface area contributed by atoms with Gasteiger partial charge in [0.05, 0.1) is 11.0 Å². The number of halogens is 2. The fourth-order valence-electron chi connectivity index (χ4n) is 2.14. The van der Waals surface area contributed by atoms with Crippen molar-refractivity contribution >= 4 is 15.9 Å². The molecule has 0 atom stereocenters. The van der Waals surface area contributed by atoms with E-state index in [0.29, 0.717) is 16.8 Å². The molecule has 0 radical (unpaired) electrons. The zero-order valence-corrected chi connectivity index (χ0v) is 11.8. The van der Waals surface area contributed by atoms with Crippen LogP contribution in [0.15, 0.2) is 29.0 Å². The van der Waals surface area contributed by atoms with Gasteiger partial charge in [0.25, 0.3) is 0 Å². The van der Waals surface area contributed by atoms with E-state index in [4.69, 9.17) is 0 Å². The van der Waals surface area contributed by atoms with Crippen LogP contribution in [0.3, 0.4) is 0 Å². The third-order valence-corrected chi connectivity index (χ3v) is 4.07. The molecule has 1 aromatic heterocycles. The lowest BCUT2D eigenvalue weighted by atomic mass is 9.80. The van der Waals surface area contributed by atoms with Gasteiger partial charge in [-0.2, -0.15) is 5.10 Å². The maximum absolute atomic E-state index is 13.1. The second kappa shape index (κ2) is 4.68. The predicted octanol–water partition coefficient (Wildman–Crippen LogP) is 2.60. The monoisotopic (exact) mass is 325 g/mol. The third-order valence-electron chi connectivity index (χ3n) is 3.46. The van der Waals surface area contributed by atoms with Crippen molar-refractivity contribution in [1.82, 2.24) is 14.8 Å². The van der Waals surface area contributed by atoms with Gasteiger partial charge in [-0.25, -0.2) is 14.1 Å². The first kappa shape index (κ1) is 12.7. The first-order valence-electron chi connectivity index (χ1n) is 6.13. The molecule has 2 aromatic rings. The van der Waals surface area contributed by atoms with Crippen molar-refractivity contribution in [3.63, 3.8) is 0 Å². The molecule has 1 aliphatic rings. The molecule has 1 aromatic carbocycles. The van der Waals surface area contributed by atoms with E-state index in [0.717, 1.165) is 24.8 Å². The minimum absolute atomic E-state index is 0.285. The second-order valence-corrected chi connectivity index (χ2v) is 5.75. The van der Waals surface area contributed by atoms with Crippen LogP contribution in [-0.2, 0) is 12.1 Å². The summed E-state index contributed by atoms with van der Waals surface area (Å²) in [6.45, 7) is 0.502. The summed E-state index contributed by atoms with van der Waals surface area (Å²) in [5.74, 6) is 0.201. The summed E-state index contributed by atoms with van der Waals surface area (Å²) in [5, 5.41) is 14.4. The maximum atomic E-state index is 13.1. The Kier molecular flexibility index (Phi) is 3.14. The van der Waals surface area contributed by atoms with Crippen LogP contribution in [0.25, 0.3) is 0 Å². The minimum atomic E-state index is -0.839. The molecule has 1 N–H and O–H groups in total. The van der Waals surface area contributed by atoms with Gasteiger partial charge >= 0.3 is 0 Å². The Bertz CT molecular complexity index is 610. The molecule has 1 heterocycles. The van der Waals surface area contributed by atoms with Crippen molar-refractivity contribution in [2.45, 2.75) is 31.4 Å². The van der Waals surface area contributed by atoms with E-state index in [2.05, 4.69) is 26.0 Å². The van der Waals surface area contributed by atoms with Crippen molar-refractivity contribution in [1.29, 1.82) is 0 Å². The summed E-state index contributed by atoms with van der Waals surface area (Å²) in [7, 11) is 0. The van der Waals surface area contributed by atoms with Crippen LogP contribution >= 0.6 is 15.9 Å². The van der Waals surface area contributed by atoms with Gasteiger partial charge in [0, 0.05) is 0 Å². The number of hydrogen-bond acceptors (Lipinski definition) is 3. The number of aromatic nitrogens is 3. The Morgan fingerprint density at radius 1 is 1.42 bits per heavy atom. The first-order valence-corrected chi connectivity index (χ1v) is 6.92. The molecular formula is C13H13BrFN3O. The summed E-state index contributed by atoms with van der Waals surface area (Å²) < 4.78 is 15.2. The Balaban J connectivity index is 1.78. The van der Waals surface area contributed by atoms with Gasteiger partial charge in [0.1, 0.15) is 17.7 Å². The van der Waals surface area contributed by atoms with Crippen molar-refractivity contribution in [2.24, 2.45) is 0 Å². The summed E-state index contributed by atoms with van der Waals surface area (Å²) in [6, 6.07) is 4.84. The average molecular weight is 326 g/mol. The smallest absolute Gasteiger partial charge is 0.182 e. The van der Waals surface area contributed by atoms with E-state index in [1.807, 2.05) is 0 Å². The number of aliphatic hydroxyl groups is 1. The standard InChI is InChI=1S/C13H13BrFN3O/c14-10-6-9(2-3-11(10)15)7-18-8-16-12(17-18)13(19)4-1-5-13/h2-3,6,8,19H,1,4-5,7H2. The fraction of sp³-hybridized carbons (Fsp3) is 0.385. The highest BCUT2D eigenvalue weighted by atomic mass is 79.9. The lowest BCUT2D eigenvalue weighted by molar-refractivity contribution is -0.0467. The van der Waals surface area contributed by atoms with E-state index in [1.54, 1.807) is 23.1 Å². The maximum Gasteiger partial charge on any atom is 0.182 e. The number of benzene rings is 1. The van der Waals surface area contributed by atoms with E-state index in [-0.39, 0.29) is 5.82 Å². The van der Waals surface area contributed by atoms with Crippen molar-refractivity contribution < 1.29 is 9.50 Å².